The molecule has 0 spiro atoms. The van der Waals surface area contributed by atoms with Crippen LogP contribution in [0.4, 0.5) is 0 Å². The maximum absolute atomic E-state index is 5.58. The molecular weight excluding hydrogens is 276 g/mol. The van der Waals surface area contributed by atoms with Crippen molar-refractivity contribution in [3.05, 3.63) is 38.5 Å². The van der Waals surface area contributed by atoms with Crippen molar-refractivity contribution < 1.29 is 4.74 Å². The lowest BCUT2D eigenvalue weighted by Gasteiger charge is -2.33. The maximum Gasteiger partial charge on any atom is 0.110 e. The van der Waals surface area contributed by atoms with Gasteiger partial charge >= 0.3 is 0 Å². The van der Waals surface area contributed by atoms with Crippen LogP contribution in [-0.2, 0) is 11.2 Å². The van der Waals surface area contributed by atoms with Gasteiger partial charge < -0.3 is 4.74 Å². The monoisotopic (exact) mass is 292 g/mol. The molecule has 0 saturated carbocycles. The fraction of sp³-hybridized carbons (Fsp3) is 0.500. The molecule has 1 fully saturated rings. The summed E-state index contributed by atoms with van der Waals surface area (Å²) in [5.41, 5.74) is 1.50. The highest BCUT2D eigenvalue weighted by atomic mass is 32.1. The zero-order chi connectivity index (χ0) is 12.7. The minimum Gasteiger partial charge on any atom is -0.381 e. The average molecular weight is 292 g/mol. The second-order valence-corrected chi connectivity index (χ2v) is 7.08. The van der Waals surface area contributed by atoms with Crippen LogP contribution < -0.4 is 5.32 Å². The summed E-state index contributed by atoms with van der Waals surface area (Å²) in [5.74, 6) is 0.611. The normalized spacial score (nSPS) is 30.4. The smallest absolute Gasteiger partial charge is 0.110 e. The summed E-state index contributed by atoms with van der Waals surface area (Å²) in [6, 6.07) is 3.09. The van der Waals surface area contributed by atoms with Crippen LogP contribution in [0.3, 0.4) is 0 Å². The van der Waals surface area contributed by atoms with E-state index in [4.69, 9.17) is 4.74 Å². The highest BCUT2D eigenvalue weighted by Gasteiger charge is 2.35. The van der Waals surface area contributed by atoms with Crippen molar-refractivity contribution in [3.8, 4) is 0 Å². The molecule has 2 aliphatic rings. The molecule has 2 aliphatic heterocycles. The van der Waals surface area contributed by atoms with Crippen LogP contribution in [0.25, 0.3) is 0 Å². The van der Waals surface area contributed by atoms with Crippen LogP contribution in [0, 0.1) is 5.92 Å². The molecule has 1 saturated heterocycles. The molecule has 0 aromatic carbocycles. The Labute approximate surface area is 120 Å². The highest BCUT2D eigenvalue weighted by molar-refractivity contribution is 7.10. The summed E-state index contributed by atoms with van der Waals surface area (Å²) in [6.07, 6.45) is 4.13. The quantitative estimate of drug-likeness (QED) is 0.923. The van der Waals surface area contributed by atoms with Crippen molar-refractivity contribution >= 4 is 22.7 Å². The fourth-order valence-corrected chi connectivity index (χ4v) is 4.88. The topological polar surface area (TPSA) is 34.1 Å². The molecule has 3 atom stereocenters. The Morgan fingerprint density at radius 1 is 1.32 bits per heavy atom. The lowest BCUT2D eigenvalue weighted by atomic mass is 9.89. The Kier molecular flexibility index (Phi) is 3.15. The molecule has 4 heterocycles. The number of ether oxygens (including phenoxy) is 1. The molecule has 0 amide bonds. The number of aromatic nitrogens is 1. The first kappa shape index (κ1) is 12.0. The van der Waals surface area contributed by atoms with E-state index in [9.17, 15) is 0 Å². The summed E-state index contributed by atoms with van der Waals surface area (Å²) in [6.45, 7) is 1.80. The number of fused-ring (bicyclic) bond motifs is 1. The summed E-state index contributed by atoms with van der Waals surface area (Å²) in [5, 5.41) is 9.31. The van der Waals surface area contributed by atoms with Gasteiger partial charge in [-0.3, -0.25) is 5.32 Å². The van der Waals surface area contributed by atoms with Crippen molar-refractivity contribution in [1.82, 2.24) is 10.3 Å². The first-order chi connectivity index (χ1) is 9.42. The van der Waals surface area contributed by atoms with E-state index in [1.807, 2.05) is 17.5 Å². The minimum atomic E-state index is 0.368. The van der Waals surface area contributed by atoms with Crippen LogP contribution in [0.15, 0.2) is 23.0 Å². The van der Waals surface area contributed by atoms with Gasteiger partial charge in [0, 0.05) is 35.0 Å². The predicted molar refractivity (Wildman–Crippen MR) is 77.7 cm³/mol. The van der Waals surface area contributed by atoms with Crippen molar-refractivity contribution in [3.63, 3.8) is 0 Å². The van der Waals surface area contributed by atoms with Crippen molar-refractivity contribution in [1.29, 1.82) is 0 Å². The number of nitrogens with one attached hydrogen (secondary N) is 1. The number of rotatable bonds is 2. The lowest BCUT2D eigenvalue weighted by molar-refractivity contribution is 0.173. The first-order valence-corrected chi connectivity index (χ1v) is 8.47. The van der Waals surface area contributed by atoms with Gasteiger partial charge in [-0.2, -0.15) is 0 Å². The summed E-state index contributed by atoms with van der Waals surface area (Å²) >= 11 is 3.63. The Bertz CT molecular complexity index is 546. The molecule has 4 rings (SSSR count). The molecule has 0 bridgehead atoms. The molecule has 100 valence electrons. The number of thiophene rings is 1. The minimum absolute atomic E-state index is 0.368. The van der Waals surface area contributed by atoms with E-state index in [0.717, 1.165) is 19.6 Å². The van der Waals surface area contributed by atoms with Gasteiger partial charge in [0.25, 0.3) is 0 Å². The van der Waals surface area contributed by atoms with E-state index >= 15 is 0 Å². The van der Waals surface area contributed by atoms with Crippen LogP contribution in [0.2, 0.25) is 0 Å². The largest absolute Gasteiger partial charge is 0.381 e. The van der Waals surface area contributed by atoms with E-state index in [1.165, 1.54) is 21.9 Å². The second kappa shape index (κ2) is 4.98. The SMILES string of the molecule is c1csc([C@@H]2Cc3ccsc3[C@H](C3CCOC3)N2)n1. The number of hydrogen-bond acceptors (Lipinski definition) is 5. The van der Waals surface area contributed by atoms with Crippen molar-refractivity contribution in [2.75, 3.05) is 13.2 Å². The molecule has 2 aromatic rings. The van der Waals surface area contributed by atoms with Gasteiger partial charge in [-0.1, -0.05) is 0 Å². The third-order valence-corrected chi connectivity index (χ3v) is 5.99. The summed E-state index contributed by atoms with van der Waals surface area (Å²) in [4.78, 5) is 6.00. The van der Waals surface area contributed by atoms with E-state index in [1.54, 1.807) is 11.3 Å². The first-order valence-electron chi connectivity index (χ1n) is 6.71. The van der Waals surface area contributed by atoms with Crippen molar-refractivity contribution in [2.45, 2.75) is 24.9 Å². The van der Waals surface area contributed by atoms with Gasteiger partial charge in [0.15, 0.2) is 0 Å². The van der Waals surface area contributed by atoms with E-state index in [2.05, 4.69) is 27.1 Å². The molecule has 1 N–H and O–H groups in total. The van der Waals surface area contributed by atoms with Gasteiger partial charge in [-0.15, -0.1) is 22.7 Å². The van der Waals surface area contributed by atoms with Crippen LogP contribution in [0.1, 0.15) is 34.0 Å². The molecule has 19 heavy (non-hydrogen) atoms. The van der Waals surface area contributed by atoms with Gasteiger partial charge in [0.05, 0.1) is 12.6 Å². The number of thiazole rings is 1. The third-order valence-electron chi connectivity index (χ3n) is 4.05. The molecule has 0 radical (unpaired) electrons. The molecule has 0 aliphatic carbocycles. The fourth-order valence-electron chi connectivity index (χ4n) is 3.09. The zero-order valence-corrected chi connectivity index (χ0v) is 12.2. The van der Waals surface area contributed by atoms with Gasteiger partial charge in [-0.05, 0) is 29.9 Å². The molecule has 1 unspecified atom stereocenters. The Morgan fingerprint density at radius 3 is 3.11 bits per heavy atom. The summed E-state index contributed by atoms with van der Waals surface area (Å²) < 4.78 is 5.58. The predicted octanol–water partition coefficient (Wildman–Crippen LogP) is 3.17. The van der Waals surface area contributed by atoms with Gasteiger partial charge in [-0.25, -0.2) is 4.98 Å². The average Bonchev–Trinajstić information content (AvgIpc) is 3.18. The summed E-state index contributed by atoms with van der Waals surface area (Å²) in [7, 11) is 0. The number of hydrogen-bond donors (Lipinski definition) is 1. The molecular formula is C14H16N2OS2. The molecule has 5 heteroatoms. The van der Waals surface area contributed by atoms with Gasteiger partial charge in [0.1, 0.15) is 5.01 Å². The highest BCUT2D eigenvalue weighted by Crippen LogP contribution is 2.41. The van der Waals surface area contributed by atoms with Crippen LogP contribution in [-0.4, -0.2) is 18.2 Å². The lowest BCUT2D eigenvalue weighted by Crippen LogP contribution is -2.36. The zero-order valence-electron chi connectivity index (χ0n) is 10.5. The Balaban J connectivity index is 1.67. The second-order valence-electron chi connectivity index (χ2n) is 5.21. The molecule has 2 aromatic heterocycles. The molecule has 3 nitrogen and oxygen atoms in total. The van der Waals surface area contributed by atoms with E-state index in [0.29, 0.717) is 18.0 Å². The number of nitrogens with zero attached hydrogens (tertiary/aromatic N) is 1. The third kappa shape index (κ3) is 2.14. The maximum atomic E-state index is 5.58. The van der Waals surface area contributed by atoms with Gasteiger partial charge in [0.2, 0.25) is 0 Å². The van der Waals surface area contributed by atoms with E-state index in [-0.39, 0.29) is 0 Å². The van der Waals surface area contributed by atoms with Crippen LogP contribution in [0.5, 0.6) is 0 Å². The standard InChI is InChI=1S/C14H16N2OS2/c1-4-17-8-10(1)12-13-9(2-5-18-13)7-11(16-12)14-15-3-6-19-14/h2-3,5-6,10-12,16H,1,4,7-8H2/t10?,11-,12-/m0/s1. The van der Waals surface area contributed by atoms with Crippen molar-refractivity contribution in [2.24, 2.45) is 5.92 Å². The van der Waals surface area contributed by atoms with E-state index < -0.39 is 0 Å². The Hall–Kier alpha value is -0.750. The van der Waals surface area contributed by atoms with Crippen LogP contribution >= 0.6 is 22.7 Å². The Morgan fingerprint density at radius 2 is 2.32 bits per heavy atom.